The number of ether oxygens (including phenoxy) is 2. The molecule has 0 fully saturated rings. The summed E-state index contributed by atoms with van der Waals surface area (Å²) in [6, 6.07) is 14.4. The fraction of sp³-hybridized carbons (Fsp3) is 0.200. The summed E-state index contributed by atoms with van der Waals surface area (Å²) in [6.07, 6.45) is 0. The maximum absolute atomic E-state index is 5.78. The third-order valence-electron chi connectivity index (χ3n) is 2.49. The first-order valence-electron chi connectivity index (χ1n) is 6.04. The largest absolute Gasteiger partial charge is 0.453 e. The first-order valence-corrected chi connectivity index (χ1v) is 6.04. The molecule has 0 aromatic heterocycles. The van der Waals surface area contributed by atoms with E-state index in [1.807, 2.05) is 38.1 Å². The summed E-state index contributed by atoms with van der Waals surface area (Å²) in [5.41, 5.74) is 12.7. The Labute approximate surface area is 112 Å². The normalized spacial score (nSPS) is 11.1. The van der Waals surface area contributed by atoms with Gasteiger partial charge in [0.25, 0.3) is 0 Å². The Morgan fingerprint density at radius 1 is 0.684 bits per heavy atom. The highest BCUT2D eigenvalue weighted by atomic mass is 16.7. The molecule has 100 valence electrons. The van der Waals surface area contributed by atoms with Crippen LogP contribution >= 0.6 is 0 Å². The van der Waals surface area contributed by atoms with Crippen LogP contribution in [0.4, 0.5) is 11.4 Å². The van der Waals surface area contributed by atoms with E-state index in [2.05, 4.69) is 0 Å². The summed E-state index contributed by atoms with van der Waals surface area (Å²) in [5, 5.41) is 0. The minimum atomic E-state index is -0.785. The molecular formula is C15H18N2O2. The van der Waals surface area contributed by atoms with Crippen molar-refractivity contribution < 1.29 is 9.47 Å². The maximum Gasteiger partial charge on any atom is 0.245 e. The maximum atomic E-state index is 5.78. The van der Waals surface area contributed by atoms with E-state index in [0.29, 0.717) is 22.9 Å². The zero-order chi connectivity index (χ0) is 13.9. The van der Waals surface area contributed by atoms with E-state index in [-0.39, 0.29) is 0 Å². The van der Waals surface area contributed by atoms with E-state index >= 15 is 0 Å². The molecule has 2 aromatic carbocycles. The predicted molar refractivity (Wildman–Crippen MR) is 77.0 cm³/mol. The van der Waals surface area contributed by atoms with Crippen LogP contribution in [0.25, 0.3) is 0 Å². The van der Waals surface area contributed by atoms with Crippen molar-refractivity contribution in [2.75, 3.05) is 11.5 Å². The van der Waals surface area contributed by atoms with Crippen LogP contribution in [-0.4, -0.2) is 5.79 Å². The van der Waals surface area contributed by atoms with Crippen molar-refractivity contribution in [3.8, 4) is 11.5 Å². The molecule has 0 saturated carbocycles. The molecular weight excluding hydrogens is 240 g/mol. The second-order valence-corrected chi connectivity index (χ2v) is 4.74. The summed E-state index contributed by atoms with van der Waals surface area (Å²) >= 11 is 0. The quantitative estimate of drug-likeness (QED) is 0.653. The van der Waals surface area contributed by atoms with Crippen LogP contribution in [0.15, 0.2) is 48.5 Å². The number of anilines is 2. The lowest BCUT2D eigenvalue weighted by Gasteiger charge is -2.27. The minimum absolute atomic E-state index is 0.699. The molecule has 0 heterocycles. The Kier molecular flexibility index (Phi) is 3.51. The van der Waals surface area contributed by atoms with Gasteiger partial charge in [0, 0.05) is 25.2 Å². The van der Waals surface area contributed by atoms with E-state index in [1.165, 1.54) is 0 Å². The van der Waals surface area contributed by atoms with Gasteiger partial charge >= 0.3 is 0 Å². The van der Waals surface area contributed by atoms with Crippen molar-refractivity contribution in [2.45, 2.75) is 19.6 Å². The SMILES string of the molecule is CC(C)(Oc1ccc(N)cc1)Oc1ccc(N)cc1. The standard InChI is InChI=1S/C15H18N2O2/c1-15(2,18-13-7-3-11(16)4-8-13)19-14-9-5-12(17)6-10-14/h3-10H,16-17H2,1-2H3. The van der Waals surface area contributed by atoms with Crippen LogP contribution in [-0.2, 0) is 0 Å². The fourth-order valence-electron chi connectivity index (χ4n) is 1.66. The zero-order valence-corrected chi connectivity index (χ0v) is 11.1. The van der Waals surface area contributed by atoms with Crippen molar-refractivity contribution in [1.82, 2.24) is 0 Å². The lowest BCUT2D eigenvalue weighted by atomic mass is 10.3. The smallest absolute Gasteiger partial charge is 0.245 e. The van der Waals surface area contributed by atoms with Gasteiger partial charge in [-0.1, -0.05) is 0 Å². The van der Waals surface area contributed by atoms with Crippen LogP contribution in [0.5, 0.6) is 11.5 Å². The van der Waals surface area contributed by atoms with Gasteiger partial charge in [-0.3, -0.25) is 0 Å². The monoisotopic (exact) mass is 258 g/mol. The highest BCUT2D eigenvalue weighted by molar-refractivity contribution is 5.42. The lowest BCUT2D eigenvalue weighted by molar-refractivity contribution is -0.0809. The van der Waals surface area contributed by atoms with Crippen molar-refractivity contribution in [3.63, 3.8) is 0 Å². The van der Waals surface area contributed by atoms with Crippen molar-refractivity contribution in [3.05, 3.63) is 48.5 Å². The molecule has 0 aliphatic heterocycles. The predicted octanol–water partition coefficient (Wildman–Crippen LogP) is 3.04. The number of benzene rings is 2. The Morgan fingerprint density at radius 3 is 1.32 bits per heavy atom. The van der Waals surface area contributed by atoms with Crippen LogP contribution in [0.2, 0.25) is 0 Å². The first-order chi connectivity index (χ1) is 8.94. The number of rotatable bonds is 4. The van der Waals surface area contributed by atoms with Gasteiger partial charge < -0.3 is 20.9 Å². The molecule has 2 aromatic rings. The van der Waals surface area contributed by atoms with Gasteiger partial charge in [0.05, 0.1) is 0 Å². The molecule has 0 radical (unpaired) electrons. The van der Waals surface area contributed by atoms with Gasteiger partial charge in [0.15, 0.2) is 0 Å². The molecule has 2 rings (SSSR count). The second-order valence-electron chi connectivity index (χ2n) is 4.74. The third kappa shape index (κ3) is 3.81. The van der Waals surface area contributed by atoms with Crippen LogP contribution in [0, 0.1) is 0 Å². The van der Waals surface area contributed by atoms with E-state index < -0.39 is 5.79 Å². The van der Waals surface area contributed by atoms with Gasteiger partial charge in [-0.05, 0) is 48.5 Å². The van der Waals surface area contributed by atoms with Crippen molar-refractivity contribution in [2.24, 2.45) is 0 Å². The van der Waals surface area contributed by atoms with Crippen LogP contribution in [0.3, 0.4) is 0 Å². The summed E-state index contributed by atoms with van der Waals surface area (Å²) in [6.45, 7) is 3.69. The molecule has 0 atom stereocenters. The molecule has 0 aliphatic rings. The Bertz CT molecular complexity index is 484. The van der Waals surface area contributed by atoms with Gasteiger partial charge in [0.2, 0.25) is 5.79 Å². The molecule has 19 heavy (non-hydrogen) atoms. The van der Waals surface area contributed by atoms with E-state index in [9.17, 15) is 0 Å². The molecule has 0 unspecified atom stereocenters. The molecule has 0 bridgehead atoms. The third-order valence-corrected chi connectivity index (χ3v) is 2.49. The Balaban J connectivity index is 2.05. The van der Waals surface area contributed by atoms with Crippen LogP contribution < -0.4 is 20.9 Å². The summed E-state index contributed by atoms with van der Waals surface area (Å²) < 4.78 is 11.6. The summed E-state index contributed by atoms with van der Waals surface area (Å²) in [7, 11) is 0. The Hall–Kier alpha value is -2.36. The van der Waals surface area contributed by atoms with Crippen LogP contribution in [0.1, 0.15) is 13.8 Å². The van der Waals surface area contributed by atoms with Gasteiger partial charge in [-0.25, -0.2) is 0 Å². The fourth-order valence-corrected chi connectivity index (χ4v) is 1.66. The topological polar surface area (TPSA) is 70.5 Å². The molecule has 4 heteroatoms. The molecule has 4 N–H and O–H groups in total. The molecule has 0 spiro atoms. The Morgan fingerprint density at radius 2 is 1.00 bits per heavy atom. The molecule has 0 amide bonds. The average Bonchev–Trinajstić information content (AvgIpc) is 2.34. The molecule has 0 aliphatic carbocycles. The van der Waals surface area contributed by atoms with Crippen molar-refractivity contribution >= 4 is 11.4 Å². The second kappa shape index (κ2) is 5.10. The zero-order valence-electron chi connectivity index (χ0n) is 11.1. The summed E-state index contributed by atoms with van der Waals surface area (Å²) in [4.78, 5) is 0. The molecule has 4 nitrogen and oxygen atoms in total. The number of nitrogen functional groups attached to an aromatic ring is 2. The van der Waals surface area contributed by atoms with Crippen molar-refractivity contribution in [1.29, 1.82) is 0 Å². The van der Waals surface area contributed by atoms with Gasteiger partial charge in [-0.15, -0.1) is 0 Å². The summed E-state index contributed by atoms with van der Waals surface area (Å²) in [5.74, 6) is 0.621. The van der Waals surface area contributed by atoms with Gasteiger partial charge in [-0.2, -0.15) is 0 Å². The average molecular weight is 258 g/mol. The number of hydrogen-bond donors (Lipinski definition) is 2. The van der Waals surface area contributed by atoms with E-state index in [0.717, 1.165) is 0 Å². The molecule has 0 saturated heterocycles. The van der Waals surface area contributed by atoms with E-state index in [4.69, 9.17) is 20.9 Å². The first kappa shape index (κ1) is 13.1. The lowest BCUT2D eigenvalue weighted by Crippen LogP contribution is -2.35. The highest BCUT2D eigenvalue weighted by Gasteiger charge is 2.21. The van der Waals surface area contributed by atoms with E-state index in [1.54, 1.807) is 24.3 Å². The number of nitrogens with two attached hydrogens (primary N) is 2. The van der Waals surface area contributed by atoms with Gasteiger partial charge in [0.1, 0.15) is 11.5 Å². The minimum Gasteiger partial charge on any atom is -0.453 e. The highest BCUT2D eigenvalue weighted by Crippen LogP contribution is 2.24. The number of hydrogen-bond acceptors (Lipinski definition) is 4.